The molecule has 1 aliphatic rings. The number of rotatable bonds is 3. The Morgan fingerprint density at radius 1 is 0.962 bits per heavy atom. The van der Waals surface area contributed by atoms with Crippen molar-refractivity contribution in [2.24, 2.45) is 0 Å². The molecule has 4 aromatic heterocycles. The second-order valence-electron chi connectivity index (χ2n) is 5.87. The van der Waals surface area contributed by atoms with Crippen LogP contribution in [0.3, 0.4) is 0 Å². The first-order valence-electron chi connectivity index (χ1n) is 7.90. The Balaban J connectivity index is 1.67. The Bertz CT molecular complexity index is 1010. The average Bonchev–Trinajstić information content (AvgIpc) is 3.38. The highest BCUT2D eigenvalue weighted by Crippen LogP contribution is 2.40. The monoisotopic (exact) mass is 344 g/mol. The third kappa shape index (κ3) is 2.12. The smallest absolute Gasteiger partial charge is 0.225 e. The van der Waals surface area contributed by atoms with Crippen molar-refractivity contribution in [3.63, 3.8) is 0 Å². The molecular weight excluding hydrogens is 332 g/mol. The van der Waals surface area contributed by atoms with E-state index in [2.05, 4.69) is 56.8 Å². The second-order valence-corrected chi connectivity index (χ2v) is 5.87. The first kappa shape index (κ1) is 14.5. The van der Waals surface area contributed by atoms with Crippen LogP contribution < -0.4 is 0 Å². The van der Waals surface area contributed by atoms with Gasteiger partial charge < -0.3 is 0 Å². The lowest BCUT2D eigenvalue weighted by Gasteiger charge is -2.31. The van der Waals surface area contributed by atoms with Gasteiger partial charge in [-0.15, -0.1) is 10.2 Å². The predicted molar refractivity (Wildman–Crippen MR) is 89.3 cm³/mol. The fraction of sp³-hybridized carbons (Fsp3) is 0.125. The van der Waals surface area contributed by atoms with Crippen LogP contribution in [0.1, 0.15) is 22.6 Å². The lowest BCUT2D eigenvalue weighted by atomic mass is 9.73. The van der Waals surface area contributed by atoms with Crippen LogP contribution in [0.4, 0.5) is 0 Å². The molecule has 126 valence electrons. The molecule has 0 aliphatic heterocycles. The molecule has 10 nitrogen and oxygen atoms in total. The van der Waals surface area contributed by atoms with E-state index in [-0.39, 0.29) is 0 Å². The van der Waals surface area contributed by atoms with Gasteiger partial charge in [-0.1, -0.05) is 12.2 Å². The summed E-state index contributed by atoms with van der Waals surface area (Å²) in [5.74, 6) is 0.448. The summed E-state index contributed by atoms with van der Waals surface area (Å²) in [6.07, 6.45) is 11.2. The molecule has 0 atom stereocenters. The Labute approximate surface area is 146 Å². The molecule has 10 heteroatoms. The molecule has 5 rings (SSSR count). The van der Waals surface area contributed by atoms with Crippen LogP contribution >= 0.6 is 0 Å². The maximum Gasteiger partial charge on any atom is 0.225 e. The van der Waals surface area contributed by atoms with E-state index >= 15 is 0 Å². The minimum absolute atomic E-state index is 0.448. The number of allylic oxidation sites excluding steroid dienone is 1. The van der Waals surface area contributed by atoms with E-state index in [0.717, 1.165) is 22.6 Å². The van der Waals surface area contributed by atoms with Gasteiger partial charge in [0.1, 0.15) is 18.3 Å². The topological polar surface area (TPSA) is 135 Å². The molecule has 0 saturated heterocycles. The summed E-state index contributed by atoms with van der Waals surface area (Å²) in [6, 6.07) is 3.79. The van der Waals surface area contributed by atoms with Crippen molar-refractivity contribution in [3.05, 3.63) is 65.9 Å². The first-order chi connectivity index (χ1) is 12.9. The quantitative estimate of drug-likeness (QED) is 0.555. The minimum Gasteiger partial charge on any atom is -0.281 e. The first-order valence-corrected chi connectivity index (χ1v) is 7.90. The van der Waals surface area contributed by atoms with Crippen molar-refractivity contribution in [3.8, 4) is 11.5 Å². The van der Waals surface area contributed by atoms with Crippen LogP contribution in [0, 0.1) is 0 Å². The van der Waals surface area contributed by atoms with Gasteiger partial charge in [-0.05, 0) is 17.3 Å². The standard InChI is InChI=1S/C16H12N10/c1-4-16(12-2-5-17-8-19-12,13-3-6-18-9-20-13)7-11-10(1)14(22-21-11)15-23-25-26-24-15/h1-6,8-9H,7H2,(H,21,22)(H,23,24,25,26). The van der Waals surface area contributed by atoms with Crippen molar-refractivity contribution in [1.29, 1.82) is 0 Å². The Kier molecular flexibility index (Phi) is 3.14. The normalized spacial score (nSPS) is 14.9. The van der Waals surface area contributed by atoms with Crippen molar-refractivity contribution in [1.82, 2.24) is 50.8 Å². The number of aromatic amines is 2. The largest absolute Gasteiger partial charge is 0.281 e. The number of hydrogen-bond acceptors (Lipinski definition) is 8. The Morgan fingerprint density at radius 3 is 2.35 bits per heavy atom. The van der Waals surface area contributed by atoms with Gasteiger partial charge in [0.2, 0.25) is 5.82 Å². The van der Waals surface area contributed by atoms with Gasteiger partial charge in [-0.25, -0.2) is 19.9 Å². The van der Waals surface area contributed by atoms with Crippen LogP contribution in [-0.4, -0.2) is 50.8 Å². The summed E-state index contributed by atoms with van der Waals surface area (Å²) in [6.45, 7) is 0. The second kappa shape index (κ2) is 5.62. The summed E-state index contributed by atoms with van der Waals surface area (Å²) in [4.78, 5) is 17.0. The summed E-state index contributed by atoms with van der Waals surface area (Å²) in [7, 11) is 0. The fourth-order valence-corrected chi connectivity index (χ4v) is 3.29. The molecule has 0 radical (unpaired) electrons. The zero-order valence-electron chi connectivity index (χ0n) is 13.4. The zero-order valence-corrected chi connectivity index (χ0v) is 13.4. The molecule has 0 aromatic carbocycles. The van der Waals surface area contributed by atoms with E-state index in [0.29, 0.717) is 17.9 Å². The van der Waals surface area contributed by atoms with E-state index < -0.39 is 5.41 Å². The summed E-state index contributed by atoms with van der Waals surface area (Å²) < 4.78 is 0. The summed E-state index contributed by atoms with van der Waals surface area (Å²) in [5, 5.41) is 21.5. The van der Waals surface area contributed by atoms with Gasteiger partial charge in [0.15, 0.2) is 0 Å². The molecule has 0 saturated carbocycles. The van der Waals surface area contributed by atoms with Gasteiger partial charge in [-0.3, -0.25) is 5.10 Å². The highest BCUT2D eigenvalue weighted by Gasteiger charge is 2.39. The van der Waals surface area contributed by atoms with Crippen LogP contribution in [0.5, 0.6) is 0 Å². The number of tetrazole rings is 1. The molecule has 0 unspecified atom stereocenters. The molecule has 0 fully saturated rings. The molecule has 2 N–H and O–H groups in total. The van der Waals surface area contributed by atoms with Gasteiger partial charge in [0, 0.05) is 30.1 Å². The number of fused-ring (bicyclic) bond motifs is 1. The van der Waals surface area contributed by atoms with Crippen LogP contribution in [0.25, 0.3) is 17.6 Å². The fourth-order valence-electron chi connectivity index (χ4n) is 3.29. The number of hydrogen-bond donors (Lipinski definition) is 2. The SMILES string of the molecule is C1=CC(c2ccncn2)(c2ccncn2)Cc2[nH]nc(-c3nn[nH]n3)c21. The number of H-pyrrole nitrogens is 2. The molecule has 0 spiro atoms. The average molecular weight is 344 g/mol. The molecule has 4 aromatic rings. The molecular formula is C16H12N10. The highest BCUT2D eigenvalue weighted by molar-refractivity contribution is 5.72. The van der Waals surface area contributed by atoms with E-state index in [1.807, 2.05) is 18.2 Å². The molecule has 0 amide bonds. The summed E-state index contributed by atoms with van der Waals surface area (Å²) >= 11 is 0. The lowest BCUT2D eigenvalue weighted by Crippen LogP contribution is -2.32. The van der Waals surface area contributed by atoms with Gasteiger partial charge in [0.05, 0.1) is 16.8 Å². The van der Waals surface area contributed by atoms with Crippen LogP contribution in [-0.2, 0) is 11.8 Å². The van der Waals surface area contributed by atoms with Gasteiger partial charge in [-0.2, -0.15) is 10.3 Å². The third-order valence-corrected chi connectivity index (χ3v) is 4.51. The maximum absolute atomic E-state index is 4.48. The van der Waals surface area contributed by atoms with Crippen molar-refractivity contribution < 1.29 is 0 Å². The number of nitrogens with one attached hydrogen (secondary N) is 2. The molecule has 4 heterocycles. The lowest BCUT2D eigenvalue weighted by molar-refractivity contribution is 0.578. The number of nitrogens with zero attached hydrogens (tertiary/aromatic N) is 8. The van der Waals surface area contributed by atoms with Crippen molar-refractivity contribution in [2.75, 3.05) is 0 Å². The maximum atomic E-state index is 4.48. The van der Waals surface area contributed by atoms with Gasteiger partial charge >= 0.3 is 0 Å². The molecule has 0 bridgehead atoms. The predicted octanol–water partition coefficient (Wildman–Crippen LogP) is 0.725. The van der Waals surface area contributed by atoms with E-state index in [1.54, 1.807) is 25.0 Å². The highest BCUT2D eigenvalue weighted by atomic mass is 15.5. The molecule has 1 aliphatic carbocycles. The van der Waals surface area contributed by atoms with E-state index in [1.165, 1.54) is 0 Å². The third-order valence-electron chi connectivity index (χ3n) is 4.51. The van der Waals surface area contributed by atoms with Gasteiger partial charge in [0.25, 0.3) is 0 Å². The Hall–Kier alpha value is -3.82. The summed E-state index contributed by atoms with van der Waals surface area (Å²) in [5.41, 5.74) is 3.70. The van der Waals surface area contributed by atoms with Crippen LogP contribution in [0.15, 0.2) is 43.3 Å². The van der Waals surface area contributed by atoms with Crippen molar-refractivity contribution >= 4 is 6.08 Å². The minimum atomic E-state index is -0.542. The molecule has 26 heavy (non-hydrogen) atoms. The van der Waals surface area contributed by atoms with E-state index in [9.17, 15) is 0 Å². The van der Waals surface area contributed by atoms with E-state index in [4.69, 9.17) is 0 Å². The van der Waals surface area contributed by atoms with Crippen LogP contribution in [0.2, 0.25) is 0 Å². The zero-order chi connectivity index (χ0) is 17.4. The number of aromatic nitrogens is 10. The Morgan fingerprint density at radius 2 is 1.73 bits per heavy atom. The van der Waals surface area contributed by atoms with Crippen molar-refractivity contribution in [2.45, 2.75) is 11.8 Å².